The average molecular weight is 323 g/mol. The van der Waals surface area contributed by atoms with E-state index in [2.05, 4.69) is 41.8 Å². The van der Waals surface area contributed by atoms with Crippen LogP contribution >= 0.6 is 11.3 Å². The smallest absolute Gasteiger partial charge is 0.119 e. The molecule has 0 bridgehead atoms. The van der Waals surface area contributed by atoms with Crippen molar-refractivity contribution in [3.8, 4) is 5.75 Å². The Morgan fingerprint density at radius 2 is 1.70 bits per heavy atom. The Hall–Kier alpha value is -2.10. The normalized spacial score (nSPS) is 12.0. The Morgan fingerprint density at radius 3 is 2.35 bits per heavy atom. The predicted octanol–water partition coefficient (Wildman–Crippen LogP) is 4.61. The topological polar surface area (TPSA) is 35.2 Å². The highest BCUT2D eigenvalue weighted by Gasteiger charge is 2.11. The van der Waals surface area contributed by atoms with E-state index < -0.39 is 0 Å². The lowest BCUT2D eigenvalue weighted by Gasteiger charge is -2.15. The summed E-state index contributed by atoms with van der Waals surface area (Å²) in [7, 11) is 0. The van der Waals surface area contributed by atoms with Gasteiger partial charge in [-0.25, -0.2) is 0 Å². The number of thiophene rings is 1. The Bertz CT molecular complexity index is 692. The summed E-state index contributed by atoms with van der Waals surface area (Å²) in [5, 5.41) is 2.11. The number of nitrogens with two attached hydrogens (primary N) is 1. The van der Waals surface area contributed by atoms with Gasteiger partial charge in [0.05, 0.1) is 0 Å². The van der Waals surface area contributed by atoms with E-state index in [0.717, 1.165) is 12.2 Å². The SMILES string of the molecule is NCC(Cc1cccs1)c1ccc(OCc2ccccc2)cc1. The first-order valence-electron chi connectivity index (χ1n) is 7.84. The van der Waals surface area contributed by atoms with Gasteiger partial charge >= 0.3 is 0 Å². The second kappa shape index (κ2) is 7.95. The second-order valence-corrected chi connectivity index (χ2v) is 6.59. The van der Waals surface area contributed by atoms with Crippen LogP contribution in [0.5, 0.6) is 5.75 Å². The molecule has 1 atom stereocenters. The van der Waals surface area contributed by atoms with Crippen LogP contribution in [-0.4, -0.2) is 6.54 Å². The zero-order chi connectivity index (χ0) is 15.9. The molecular weight excluding hydrogens is 302 g/mol. The van der Waals surface area contributed by atoms with Crippen LogP contribution < -0.4 is 10.5 Å². The molecule has 2 aromatic carbocycles. The van der Waals surface area contributed by atoms with Crippen molar-refractivity contribution in [2.75, 3.05) is 6.54 Å². The lowest BCUT2D eigenvalue weighted by atomic mass is 9.95. The highest BCUT2D eigenvalue weighted by Crippen LogP contribution is 2.24. The van der Waals surface area contributed by atoms with E-state index in [9.17, 15) is 0 Å². The molecule has 2 nitrogen and oxygen atoms in total. The molecule has 0 radical (unpaired) electrons. The maximum Gasteiger partial charge on any atom is 0.119 e. The Morgan fingerprint density at radius 1 is 0.913 bits per heavy atom. The quantitative estimate of drug-likeness (QED) is 0.689. The minimum Gasteiger partial charge on any atom is -0.489 e. The second-order valence-electron chi connectivity index (χ2n) is 5.56. The monoisotopic (exact) mass is 323 g/mol. The molecule has 3 rings (SSSR count). The van der Waals surface area contributed by atoms with Gasteiger partial charge in [0, 0.05) is 10.8 Å². The van der Waals surface area contributed by atoms with Gasteiger partial charge in [-0.1, -0.05) is 48.5 Å². The van der Waals surface area contributed by atoms with E-state index in [-0.39, 0.29) is 0 Å². The number of rotatable bonds is 7. The molecule has 1 heterocycles. The van der Waals surface area contributed by atoms with Gasteiger partial charge in [-0.05, 0) is 47.7 Å². The summed E-state index contributed by atoms with van der Waals surface area (Å²) >= 11 is 1.79. The Kier molecular flexibility index (Phi) is 5.46. The maximum atomic E-state index is 5.97. The van der Waals surface area contributed by atoms with Gasteiger partial charge in [0.15, 0.2) is 0 Å². The molecule has 23 heavy (non-hydrogen) atoms. The van der Waals surface area contributed by atoms with Gasteiger partial charge in [-0.15, -0.1) is 11.3 Å². The highest BCUT2D eigenvalue weighted by molar-refractivity contribution is 7.09. The molecule has 0 spiro atoms. The van der Waals surface area contributed by atoms with Gasteiger partial charge in [0.1, 0.15) is 12.4 Å². The van der Waals surface area contributed by atoms with Crippen molar-refractivity contribution in [3.63, 3.8) is 0 Å². The zero-order valence-corrected chi connectivity index (χ0v) is 13.8. The molecule has 0 aliphatic carbocycles. The summed E-state index contributed by atoms with van der Waals surface area (Å²) in [5.74, 6) is 1.25. The molecule has 1 aromatic heterocycles. The number of hydrogen-bond acceptors (Lipinski definition) is 3. The summed E-state index contributed by atoms with van der Waals surface area (Å²) in [6, 6.07) is 22.8. The van der Waals surface area contributed by atoms with E-state index in [4.69, 9.17) is 10.5 Å². The van der Waals surface area contributed by atoms with Crippen molar-refractivity contribution >= 4 is 11.3 Å². The third kappa shape index (κ3) is 4.44. The van der Waals surface area contributed by atoms with Crippen molar-refractivity contribution in [3.05, 3.63) is 88.1 Å². The minimum atomic E-state index is 0.358. The van der Waals surface area contributed by atoms with E-state index in [1.807, 2.05) is 30.3 Å². The molecule has 0 aliphatic rings. The molecule has 118 valence electrons. The summed E-state index contributed by atoms with van der Waals surface area (Å²) in [4.78, 5) is 1.38. The van der Waals surface area contributed by atoms with Crippen LogP contribution in [-0.2, 0) is 13.0 Å². The zero-order valence-electron chi connectivity index (χ0n) is 13.0. The fraction of sp³-hybridized carbons (Fsp3) is 0.200. The molecule has 0 aliphatic heterocycles. The van der Waals surface area contributed by atoms with Gasteiger partial charge in [-0.2, -0.15) is 0 Å². The third-order valence-corrected chi connectivity index (χ3v) is 4.81. The largest absolute Gasteiger partial charge is 0.489 e. The number of ether oxygens (including phenoxy) is 1. The average Bonchev–Trinajstić information content (AvgIpc) is 3.12. The summed E-state index contributed by atoms with van der Waals surface area (Å²) in [6.45, 7) is 1.25. The molecule has 0 saturated carbocycles. The van der Waals surface area contributed by atoms with Gasteiger partial charge in [0.2, 0.25) is 0 Å². The highest BCUT2D eigenvalue weighted by atomic mass is 32.1. The molecule has 0 amide bonds. The third-order valence-electron chi connectivity index (χ3n) is 3.91. The molecule has 3 aromatic rings. The molecule has 2 N–H and O–H groups in total. The lowest BCUT2D eigenvalue weighted by Crippen LogP contribution is -2.14. The van der Waals surface area contributed by atoms with Crippen molar-refractivity contribution in [2.24, 2.45) is 5.73 Å². The van der Waals surface area contributed by atoms with E-state index >= 15 is 0 Å². The first-order valence-corrected chi connectivity index (χ1v) is 8.72. The van der Waals surface area contributed by atoms with Gasteiger partial charge in [-0.3, -0.25) is 0 Å². The van der Waals surface area contributed by atoms with Crippen LogP contribution in [0, 0.1) is 0 Å². The van der Waals surface area contributed by atoms with Crippen molar-refractivity contribution in [1.82, 2.24) is 0 Å². The first kappa shape index (κ1) is 15.8. The maximum absolute atomic E-state index is 5.97. The predicted molar refractivity (Wildman–Crippen MR) is 97.0 cm³/mol. The molecule has 1 unspecified atom stereocenters. The van der Waals surface area contributed by atoms with Crippen LogP contribution in [0.25, 0.3) is 0 Å². The standard InChI is InChI=1S/C20H21NOS/c21-14-18(13-20-7-4-12-23-20)17-8-10-19(11-9-17)22-15-16-5-2-1-3-6-16/h1-12,18H,13-15,21H2. The van der Waals surface area contributed by atoms with Crippen molar-refractivity contribution < 1.29 is 4.74 Å². The first-order chi connectivity index (χ1) is 11.3. The number of hydrogen-bond donors (Lipinski definition) is 1. The van der Waals surface area contributed by atoms with Crippen molar-refractivity contribution in [1.29, 1.82) is 0 Å². The van der Waals surface area contributed by atoms with Gasteiger partial charge < -0.3 is 10.5 Å². The van der Waals surface area contributed by atoms with E-state index in [0.29, 0.717) is 19.1 Å². The molecule has 3 heteroatoms. The molecule has 0 saturated heterocycles. The van der Waals surface area contributed by atoms with Crippen LogP contribution in [0.4, 0.5) is 0 Å². The molecular formula is C20H21NOS. The van der Waals surface area contributed by atoms with Crippen LogP contribution in [0.1, 0.15) is 21.9 Å². The van der Waals surface area contributed by atoms with E-state index in [1.54, 1.807) is 11.3 Å². The Balaban J connectivity index is 1.61. The van der Waals surface area contributed by atoms with Gasteiger partial charge in [0.25, 0.3) is 0 Å². The van der Waals surface area contributed by atoms with Crippen LogP contribution in [0.2, 0.25) is 0 Å². The Labute approximate surface area is 141 Å². The summed E-state index contributed by atoms with van der Waals surface area (Å²) < 4.78 is 5.84. The summed E-state index contributed by atoms with van der Waals surface area (Å²) in [6.07, 6.45) is 0.998. The van der Waals surface area contributed by atoms with Crippen molar-refractivity contribution in [2.45, 2.75) is 18.9 Å². The fourth-order valence-electron chi connectivity index (χ4n) is 2.59. The lowest BCUT2D eigenvalue weighted by molar-refractivity contribution is 0.306. The van der Waals surface area contributed by atoms with Crippen LogP contribution in [0.15, 0.2) is 72.1 Å². The summed E-state index contributed by atoms with van der Waals surface area (Å²) in [5.41, 5.74) is 8.41. The number of benzene rings is 2. The fourth-order valence-corrected chi connectivity index (χ4v) is 3.37. The minimum absolute atomic E-state index is 0.358. The van der Waals surface area contributed by atoms with Crippen LogP contribution in [0.3, 0.4) is 0 Å². The molecule has 0 fully saturated rings. The van der Waals surface area contributed by atoms with E-state index in [1.165, 1.54) is 16.0 Å².